The molecular weight excluding hydrogens is 194 g/mol. The number of nitrogens with one attached hydrogen (secondary N) is 1. The Labute approximate surface area is 90.1 Å². The predicted molar refractivity (Wildman–Crippen MR) is 57.7 cm³/mol. The molecule has 0 bridgehead atoms. The number of benzene rings is 1. The zero-order valence-electron chi connectivity index (χ0n) is 9.16. The van der Waals surface area contributed by atoms with Gasteiger partial charge in [0.2, 0.25) is 0 Å². The molecule has 0 spiro atoms. The van der Waals surface area contributed by atoms with E-state index in [2.05, 4.69) is 5.48 Å². The van der Waals surface area contributed by atoms with Gasteiger partial charge in [-0.05, 0) is 17.7 Å². The summed E-state index contributed by atoms with van der Waals surface area (Å²) >= 11 is 0. The van der Waals surface area contributed by atoms with E-state index < -0.39 is 0 Å². The van der Waals surface area contributed by atoms with Gasteiger partial charge in [0.1, 0.15) is 5.75 Å². The monoisotopic (exact) mass is 211 g/mol. The van der Waals surface area contributed by atoms with Gasteiger partial charge in [-0.2, -0.15) is 5.48 Å². The summed E-state index contributed by atoms with van der Waals surface area (Å²) in [5.41, 5.74) is 4.00. The van der Waals surface area contributed by atoms with Gasteiger partial charge in [0.25, 0.3) is 0 Å². The van der Waals surface area contributed by atoms with Crippen LogP contribution in [-0.2, 0) is 16.1 Å². The van der Waals surface area contributed by atoms with Gasteiger partial charge in [0.05, 0.1) is 20.3 Å². The Kier molecular flexibility index (Phi) is 5.77. The highest BCUT2D eigenvalue weighted by molar-refractivity contribution is 5.26. The Morgan fingerprint density at radius 1 is 1.07 bits per heavy atom. The minimum absolute atomic E-state index is 0.548. The molecule has 0 aromatic heterocycles. The molecule has 0 aliphatic rings. The van der Waals surface area contributed by atoms with Crippen LogP contribution in [0, 0.1) is 0 Å². The molecule has 1 aromatic rings. The van der Waals surface area contributed by atoms with Crippen LogP contribution in [0.1, 0.15) is 5.56 Å². The highest BCUT2D eigenvalue weighted by Gasteiger charge is 1.94. The maximum atomic E-state index is 5.13. The van der Waals surface area contributed by atoms with Crippen molar-refractivity contribution in [2.24, 2.45) is 0 Å². The molecule has 0 unspecified atom stereocenters. The first-order valence-electron chi connectivity index (χ1n) is 4.83. The van der Waals surface area contributed by atoms with E-state index in [4.69, 9.17) is 14.3 Å². The molecule has 0 radical (unpaired) electrons. The maximum Gasteiger partial charge on any atom is 0.118 e. The topological polar surface area (TPSA) is 39.7 Å². The second-order valence-electron chi connectivity index (χ2n) is 3.01. The molecule has 1 rings (SSSR count). The van der Waals surface area contributed by atoms with Crippen molar-refractivity contribution in [3.8, 4) is 5.75 Å². The molecule has 0 fully saturated rings. The van der Waals surface area contributed by atoms with Gasteiger partial charge < -0.3 is 9.47 Å². The zero-order chi connectivity index (χ0) is 10.9. The molecule has 0 aliphatic heterocycles. The van der Waals surface area contributed by atoms with E-state index in [1.165, 1.54) is 0 Å². The van der Waals surface area contributed by atoms with E-state index in [0.29, 0.717) is 19.8 Å². The first-order chi connectivity index (χ1) is 7.36. The van der Waals surface area contributed by atoms with Crippen LogP contribution < -0.4 is 10.2 Å². The lowest BCUT2D eigenvalue weighted by atomic mass is 10.2. The van der Waals surface area contributed by atoms with Crippen LogP contribution in [0.2, 0.25) is 0 Å². The number of methoxy groups -OCH3 is 2. The Balaban J connectivity index is 2.20. The van der Waals surface area contributed by atoms with Crippen molar-refractivity contribution in [1.82, 2.24) is 5.48 Å². The Morgan fingerprint density at radius 3 is 2.40 bits per heavy atom. The molecule has 4 nitrogen and oxygen atoms in total. The van der Waals surface area contributed by atoms with Crippen molar-refractivity contribution >= 4 is 0 Å². The van der Waals surface area contributed by atoms with Crippen molar-refractivity contribution in [3.63, 3.8) is 0 Å². The van der Waals surface area contributed by atoms with Gasteiger partial charge in [0.15, 0.2) is 0 Å². The average Bonchev–Trinajstić information content (AvgIpc) is 2.30. The third kappa shape index (κ3) is 4.78. The van der Waals surface area contributed by atoms with E-state index in [1.54, 1.807) is 14.2 Å². The van der Waals surface area contributed by atoms with Crippen LogP contribution in [0.4, 0.5) is 0 Å². The quantitative estimate of drug-likeness (QED) is 0.546. The second kappa shape index (κ2) is 7.23. The molecule has 1 N–H and O–H groups in total. The van der Waals surface area contributed by atoms with Gasteiger partial charge in [0, 0.05) is 13.7 Å². The van der Waals surface area contributed by atoms with Crippen molar-refractivity contribution in [2.45, 2.75) is 6.54 Å². The minimum Gasteiger partial charge on any atom is -0.497 e. The number of hydrogen-bond acceptors (Lipinski definition) is 4. The predicted octanol–water partition coefficient (Wildman–Crippen LogP) is 1.36. The van der Waals surface area contributed by atoms with Crippen molar-refractivity contribution in [1.29, 1.82) is 0 Å². The summed E-state index contributed by atoms with van der Waals surface area (Å²) in [4.78, 5) is 5.13. The van der Waals surface area contributed by atoms with E-state index in [1.807, 2.05) is 24.3 Å². The number of ether oxygens (including phenoxy) is 2. The van der Waals surface area contributed by atoms with E-state index >= 15 is 0 Å². The van der Waals surface area contributed by atoms with Crippen LogP contribution in [0.15, 0.2) is 24.3 Å². The summed E-state index contributed by atoms with van der Waals surface area (Å²) in [5, 5.41) is 0. The van der Waals surface area contributed by atoms with Gasteiger partial charge in [-0.25, -0.2) is 0 Å². The van der Waals surface area contributed by atoms with E-state index in [-0.39, 0.29) is 0 Å². The van der Waals surface area contributed by atoms with Crippen molar-refractivity contribution < 1.29 is 14.3 Å². The molecule has 84 valence electrons. The highest BCUT2D eigenvalue weighted by Crippen LogP contribution is 2.10. The number of rotatable bonds is 7. The van der Waals surface area contributed by atoms with Gasteiger partial charge in [-0.1, -0.05) is 12.1 Å². The SMILES string of the molecule is COCCONCc1ccc(OC)cc1. The molecule has 0 aliphatic carbocycles. The zero-order valence-corrected chi connectivity index (χ0v) is 9.16. The normalized spacial score (nSPS) is 10.3. The molecule has 15 heavy (non-hydrogen) atoms. The summed E-state index contributed by atoms with van der Waals surface area (Å²) in [6, 6.07) is 7.83. The largest absolute Gasteiger partial charge is 0.497 e. The number of hydrogen-bond donors (Lipinski definition) is 1. The van der Waals surface area contributed by atoms with Gasteiger partial charge >= 0.3 is 0 Å². The molecule has 4 heteroatoms. The first kappa shape index (κ1) is 12.0. The third-order valence-corrected chi connectivity index (χ3v) is 1.93. The fourth-order valence-corrected chi connectivity index (χ4v) is 1.07. The smallest absolute Gasteiger partial charge is 0.118 e. The van der Waals surface area contributed by atoms with E-state index in [0.717, 1.165) is 11.3 Å². The molecule has 0 saturated heterocycles. The average molecular weight is 211 g/mol. The summed E-state index contributed by atoms with van der Waals surface area (Å²) in [6.45, 7) is 1.82. The summed E-state index contributed by atoms with van der Waals surface area (Å²) in [5.74, 6) is 0.860. The molecule has 0 heterocycles. The lowest BCUT2D eigenvalue weighted by molar-refractivity contribution is 0.00346. The van der Waals surface area contributed by atoms with Crippen molar-refractivity contribution in [2.75, 3.05) is 27.4 Å². The number of hydroxylamine groups is 1. The van der Waals surface area contributed by atoms with Crippen LogP contribution >= 0.6 is 0 Å². The fraction of sp³-hybridized carbons (Fsp3) is 0.455. The van der Waals surface area contributed by atoms with Crippen LogP contribution in [0.5, 0.6) is 5.75 Å². The van der Waals surface area contributed by atoms with Crippen LogP contribution in [-0.4, -0.2) is 27.4 Å². The summed E-state index contributed by atoms with van der Waals surface area (Å²) in [7, 11) is 3.30. The van der Waals surface area contributed by atoms with Crippen LogP contribution in [0.25, 0.3) is 0 Å². The van der Waals surface area contributed by atoms with Gasteiger partial charge in [-0.3, -0.25) is 4.84 Å². The van der Waals surface area contributed by atoms with E-state index in [9.17, 15) is 0 Å². The highest BCUT2D eigenvalue weighted by atomic mass is 16.7. The second-order valence-corrected chi connectivity index (χ2v) is 3.01. The Morgan fingerprint density at radius 2 is 1.80 bits per heavy atom. The fourth-order valence-electron chi connectivity index (χ4n) is 1.07. The minimum atomic E-state index is 0.548. The molecule has 0 saturated carbocycles. The Bertz CT molecular complexity index is 261. The van der Waals surface area contributed by atoms with Crippen LogP contribution in [0.3, 0.4) is 0 Å². The lowest BCUT2D eigenvalue weighted by Gasteiger charge is -2.06. The van der Waals surface area contributed by atoms with Crippen molar-refractivity contribution in [3.05, 3.63) is 29.8 Å². The molecule has 0 atom stereocenters. The summed E-state index contributed by atoms with van der Waals surface area (Å²) < 4.78 is 9.90. The molecule has 1 aromatic carbocycles. The van der Waals surface area contributed by atoms with Gasteiger partial charge in [-0.15, -0.1) is 0 Å². The third-order valence-electron chi connectivity index (χ3n) is 1.93. The lowest BCUT2D eigenvalue weighted by Crippen LogP contribution is -2.17. The standard InChI is InChI=1S/C11H17NO3/c1-13-7-8-15-12-9-10-3-5-11(14-2)6-4-10/h3-6,12H,7-9H2,1-2H3. The summed E-state index contributed by atoms with van der Waals surface area (Å²) in [6.07, 6.45) is 0. The molecule has 0 amide bonds. The molecular formula is C11H17NO3. The maximum absolute atomic E-state index is 5.13. The Hall–Kier alpha value is -1.10. The first-order valence-corrected chi connectivity index (χ1v) is 4.83.